The van der Waals surface area contributed by atoms with E-state index in [0.29, 0.717) is 41.7 Å². The first kappa shape index (κ1) is 25.8. The van der Waals surface area contributed by atoms with Crippen LogP contribution in [0.2, 0.25) is 5.02 Å². The van der Waals surface area contributed by atoms with E-state index in [-0.39, 0.29) is 12.5 Å². The van der Waals surface area contributed by atoms with Crippen LogP contribution >= 0.6 is 11.6 Å². The molecule has 0 bridgehead atoms. The highest BCUT2D eigenvalue weighted by Crippen LogP contribution is 2.30. The smallest absolute Gasteiger partial charge is 0.416 e. The number of alkyl halides is 3. The van der Waals surface area contributed by atoms with Gasteiger partial charge in [0.05, 0.1) is 17.4 Å². The molecule has 3 aromatic rings. The van der Waals surface area contributed by atoms with E-state index < -0.39 is 11.7 Å². The molecule has 1 aliphatic heterocycles. The third kappa shape index (κ3) is 7.35. The molecule has 1 aliphatic rings. The van der Waals surface area contributed by atoms with Gasteiger partial charge in [0, 0.05) is 37.7 Å². The second-order valence-electron chi connectivity index (χ2n) is 8.51. The quantitative estimate of drug-likeness (QED) is 0.448. The monoisotopic (exact) mass is 518 g/mol. The number of aromatic nitrogens is 1. The Morgan fingerprint density at radius 3 is 2.56 bits per heavy atom. The Kier molecular flexibility index (Phi) is 8.32. The van der Waals surface area contributed by atoms with E-state index in [1.165, 1.54) is 12.1 Å². The molecule has 0 saturated carbocycles. The maximum Gasteiger partial charge on any atom is 0.416 e. The highest BCUT2D eigenvalue weighted by atomic mass is 35.5. The maximum atomic E-state index is 13.0. The summed E-state index contributed by atoms with van der Waals surface area (Å²) in [6.45, 7) is 3.30. The second-order valence-corrected chi connectivity index (χ2v) is 8.95. The first-order valence-corrected chi connectivity index (χ1v) is 11.9. The number of nitrogens with zero attached hydrogens (tertiary/aromatic N) is 3. The van der Waals surface area contributed by atoms with Crippen molar-refractivity contribution in [3.8, 4) is 5.75 Å². The largest absolute Gasteiger partial charge is 0.484 e. The molecule has 10 heteroatoms. The van der Waals surface area contributed by atoms with Gasteiger partial charge in [0.15, 0.2) is 6.61 Å². The number of ether oxygens (including phenoxy) is 1. The topological polar surface area (TPSA) is 57.7 Å². The second kappa shape index (κ2) is 11.6. The van der Waals surface area contributed by atoms with Crippen LogP contribution in [-0.2, 0) is 17.5 Å². The molecule has 1 N–H and O–H groups in total. The van der Waals surface area contributed by atoms with Gasteiger partial charge < -0.3 is 15.0 Å². The van der Waals surface area contributed by atoms with Crippen molar-refractivity contribution in [1.82, 2.24) is 9.88 Å². The molecule has 190 valence electrons. The molecular weight excluding hydrogens is 493 g/mol. The van der Waals surface area contributed by atoms with Crippen LogP contribution in [-0.4, -0.2) is 48.6 Å². The van der Waals surface area contributed by atoms with Gasteiger partial charge in [0.2, 0.25) is 0 Å². The average Bonchev–Trinajstić information content (AvgIpc) is 3.09. The lowest BCUT2D eigenvalue weighted by atomic mass is 10.1. The van der Waals surface area contributed by atoms with Gasteiger partial charge >= 0.3 is 6.18 Å². The zero-order valence-corrected chi connectivity index (χ0v) is 20.2. The molecule has 1 amide bonds. The Morgan fingerprint density at radius 2 is 1.83 bits per heavy atom. The molecule has 0 aliphatic carbocycles. The molecule has 2 heterocycles. The van der Waals surface area contributed by atoms with Crippen molar-refractivity contribution in [3.63, 3.8) is 0 Å². The summed E-state index contributed by atoms with van der Waals surface area (Å²) in [5.41, 5.74) is 0.588. The lowest BCUT2D eigenvalue weighted by Gasteiger charge is -2.23. The van der Waals surface area contributed by atoms with Crippen LogP contribution in [0.15, 0.2) is 66.9 Å². The standard InChI is InChI=1S/C26H26ClF3N4O2/c27-21-5-8-23(9-6-21)36-18-25(35)32-22-7-10-24(31-16-22)34-12-2-11-33(13-14-34)17-19-3-1-4-20(15-19)26(28,29)30/h1,3-10,15-16H,2,11-14,17-18H2,(H,32,35). The fourth-order valence-corrected chi connectivity index (χ4v) is 4.11. The van der Waals surface area contributed by atoms with E-state index in [2.05, 4.69) is 20.1 Å². The van der Waals surface area contributed by atoms with Crippen LogP contribution in [0, 0.1) is 0 Å². The van der Waals surface area contributed by atoms with Crippen molar-refractivity contribution in [2.24, 2.45) is 0 Å². The number of carbonyl (C=O) groups excluding carboxylic acids is 1. The van der Waals surface area contributed by atoms with Crippen molar-refractivity contribution in [2.45, 2.75) is 19.1 Å². The number of benzene rings is 2. The van der Waals surface area contributed by atoms with E-state index in [0.717, 1.165) is 31.4 Å². The number of nitrogens with one attached hydrogen (secondary N) is 1. The van der Waals surface area contributed by atoms with Gasteiger partial charge in [-0.05, 0) is 54.4 Å². The Labute approximate surface area is 212 Å². The van der Waals surface area contributed by atoms with E-state index in [1.807, 2.05) is 6.07 Å². The van der Waals surface area contributed by atoms with Crippen molar-refractivity contribution in [1.29, 1.82) is 0 Å². The van der Waals surface area contributed by atoms with Crippen molar-refractivity contribution >= 4 is 29.0 Å². The summed E-state index contributed by atoms with van der Waals surface area (Å²) in [5, 5.41) is 3.34. The molecular formula is C26H26ClF3N4O2. The Bertz CT molecular complexity index is 1160. The van der Waals surface area contributed by atoms with Crippen LogP contribution in [0.5, 0.6) is 5.75 Å². The third-order valence-electron chi connectivity index (χ3n) is 5.79. The van der Waals surface area contributed by atoms with Crippen LogP contribution in [0.4, 0.5) is 24.7 Å². The molecule has 0 spiro atoms. The predicted molar refractivity (Wildman–Crippen MR) is 133 cm³/mol. The summed E-state index contributed by atoms with van der Waals surface area (Å²) in [4.78, 5) is 21.0. The molecule has 1 saturated heterocycles. The minimum atomic E-state index is -4.34. The summed E-state index contributed by atoms with van der Waals surface area (Å²) < 4.78 is 44.5. The number of hydrogen-bond acceptors (Lipinski definition) is 5. The van der Waals surface area contributed by atoms with Crippen LogP contribution in [0.25, 0.3) is 0 Å². The number of hydrogen-bond donors (Lipinski definition) is 1. The zero-order chi connectivity index (χ0) is 25.5. The number of anilines is 2. The van der Waals surface area contributed by atoms with E-state index in [1.54, 1.807) is 42.6 Å². The molecule has 4 rings (SSSR count). The number of amides is 1. The summed E-state index contributed by atoms with van der Waals surface area (Å²) in [6, 6.07) is 15.9. The summed E-state index contributed by atoms with van der Waals surface area (Å²) in [6.07, 6.45) is -1.88. The number of carbonyl (C=O) groups is 1. The number of halogens is 4. The van der Waals surface area contributed by atoms with E-state index in [4.69, 9.17) is 16.3 Å². The molecule has 1 fully saturated rings. The van der Waals surface area contributed by atoms with Gasteiger partial charge in [-0.25, -0.2) is 4.98 Å². The summed E-state index contributed by atoms with van der Waals surface area (Å²) in [7, 11) is 0. The van der Waals surface area contributed by atoms with E-state index in [9.17, 15) is 18.0 Å². The number of pyridine rings is 1. The van der Waals surface area contributed by atoms with Gasteiger partial charge in [-0.1, -0.05) is 29.8 Å². The third-order valence-corrected chi connectivity index (χ3v) is 6.04. The van der Waals surface area contributed by atoms with Crippen molar-refractivity contribution < 1.29 is 22.7 Å². The molecule has 1 aromatic heterocycles. The Hall–Kier alpha value is -3.30. The van der Waals surface area contributed by atoms with Crippen LogP contribution in [0.3, 0.4) is 0 Å². The lowest BCUT2D eigenvalue weighted by Crippen LogP contribution is -2.31. The summed E-state index contributed by atoms with van der Waals surface area (Å²) in [5.74, 6) is 1.03. The van der Waals surface area contributed by atoms with Crippen LogP contribution in [0.1, 0.15) is 17.5 Å². The van der Waals surface area contributed by atoms with Gasteiger partial charge in [-0.3, -0.25) is 9.69 Å². The van der Waals surface area contributed by atoms with Crippen molar-refractivity contribution in [2.75, 3.05) is 43.0 Å². The SMILES string of the molecule is O=C(COc1ccc(Cl)cc1)Nc1ccc(N2CCCN(Cc3cccc(C(F)(F)F)c3)CC2)nc1. The maximum absolute atomic E-state index is 13.0. The predicted octanol–water partition coefficient (Wildman–Crippen LogP) is 5.48. The molecule has 0 atom stereocenters. The highest BCUT2D eigenvalue weighted by molar-refractivity contribution is 6.30. The first-order chi connectivity index (χ1) is 17.3. The van der Waals surface area contributed by atoms with Crippen LogP contribution < -0.4 is 15.0 Å². The Balaban J connectivity index is 1.27. The molecule has 2 aromatic carbocycles. The minimum Gasteiger partial charge on any atom is -0.484 e. The van der Waals surface area contributed by atoms with Gasteiger partial charge in [-0.2, -0.15) is 13.2 Å². The molecule has 0 radical (unpaired) electrons. The normalized spacial score (nSPS) is 14.8. The first-order valence-electron chi connectivity index (χ1n) is 11.5. The minimum absolute atomic E-state index is 0.142. The number of rotatable bonds is 7. The summed E-state index contributed by atoms with van der Waals surface area (Å²) >= 11 is 5.84. The van der Waals surface area contributed by atoms with Crippen molar-refractivity contribution in [3.05, 3.63) is 83.0 Å². The zero-order valence-electron chi connectivity index (χ0n) is 19.5. The highest BCUT2D eigenvalue weighted by Gasteiger charge is 2.30. The van der Waals surface area contributed by atoms with Gasteiger partial charge in [0.1, 0.15) is 11.6 Å². The van der Waals surface area contributed by atoms with Gasteiger partial charge in [-0.15, -0.1) is 0 Å². The van der Waals surface area contributed by atoms with E-state index >= 15 is 0 Å². The average molecular weight is 519 g/mol. The van der Waals surface area contributed by atoms with Gasteiger partial charge in [0.25, 0.3) is 5.91 Å². The molecule has 36 heavy (non-hydrogen) atoms. The fourth-order valence-electron chi connectivity index (χ4n) is 3.99. The fraction of sp³-hybridized carbons (Fsp3) is 0.308. The lowest BCUT2D eigenvalue weighted by molar-refractivity contribution is -0.137. The molecule has 0 unspecified atom stereocenters. The molecule has 6 nitrogen and oxygen atoms in total. The Morgan fingerprint density at radius 1 is 1.03 bits per heavy atom.